The van der Waals surface area contributed by atoms with Gasteiger partial charge in [0.05, 0.1) is 22.2 Å². The van der Waals surface area contributed by atoms with Crippen molar-refractivity contribution in [1.29, 1.82) is 5.26 Å². The highest BCUT2D eigenvalue weighted by molar-refractivity contribution is 7.13. The van der Waals surface area contributed by atoms with Crippen molar-refractivity contribution in [2.45, 2.75) is 19.3 Å². The van der Waals surface area contributed by atoms with Crippen LogP contribution in [-0.2, 0) is 6.42 Å². The maximum Gasteiger partial charge on any atom is 0.0991 e. The first kappa shape index (κ1) is 13.9. The fraction of sp³-hybridized carbons (Fsp3) is 0.235. The van der Waals surface area contributed by atoms with Gasteiger partial charge in [-0.05, 0) is 61.0 Å². The molecular formula is C17H17N3S. The van der Waals surface area contributed by atoms with Gasteiger partial charge in [-0.3, -0.25) is 0 Å². The van der Waals surface area contributed by atoms with Crippen LogP contribution in [0.25, 0.3) is 21.5 Å². The van der Waals surface area contributed by atoms with E-state index in [4.69, 9.17) is 11.0 Å². The van der Waals surface area contributed by atoms with Gasteiger partial charge in [-0.25, -0.2) is 0 Å². The SMILES string of the molecule is N#Cc1ccc2[nH]c(-c3cccs3)c(CCCCN)c2c1. The minimum atomic E-state index is 0.708. The van der Waals surface area contributed by atoms with Crippen molar-refractivity contribution in [3.63, 3.8) is 0 Å². The van der Waals surface area contributed by atoms with Crippen LogP contribution in [0.3, 0.4) is 0 Å². The van der Waals surface area contributed by atoms with Gasteiger partial charge in [0.2, 0.25) is 0 Å². The number of nitrogens with two attached hydrogens (primary N) is 1. The zero-order valence-corrected chi connectivity index (χ0v) is 12.5. The Morgan fingerprint density at radius 3 is 2.86 bits per heavy atom. The number of thiophene rings is 1. The number of rotatable bonds is 5. The summed E-state index contributed by atoms with van der Waals surface area (Å²) in [6, 6.07) is 12.3. The van der Waals surface area contributed by atoms with Gasteiger partial charge < -0.3 is 10.7 Å². The highest BCUT2D eigenvalue weighted by Gasteiger charge is 2.14. The number of nitrogens with zero attached hydrogens (tertiary/aromatic N) is 1. The lowest BCUT2D eigenvalue weighted by atomic mass is 10.0. The Morgan fingerprint density at radius 1 is 1.24 bits per heavy atom. The van der Waals surface area contributed by atoms with Crippen molar-refractivity contribution < 1.29 is 0 Å². The maximum atomic E-state index is 9.12. The first-order chi connectivity index (χ1) is 10.3. The molecule has 3 aromatic rings. The minimum Gasteiger partial charge on any atom is -0.354 e. The second kappa shape index (κ2) is 6.13. The normalized spacial score (nSPS) is 10.9. The molecule has 0 saturated carbocycles. The van der Waals surface area contributed by atoms with Gasteiger partial charge in [0.1, 0.15) is 0 Å². The van der Waals surface area contributed by atoms with Crippen LogP contribution in [0, 0.1) is 11.3 Å². The number of unbranched alkanes of at least 4 members (excludes halogenated alkanes) is 1. The van der Waals surface area contributed by atoms with Gasteiger partial charge in [-0.15, -0.1) is 11.3 Å². The largest absolute Gasteiger partial charge is 0.354 e. The molecule has 0 aliphatic rings. The van der Waals surface area contributed by atoms with E-state index in [0.717, 1.165) is 36.7 Å². The Balaban J connectivity index is 2.12. The fourth-order valence-electron chi connectivity index (χ4n) is 2.65. The zero-order valence-electron chi connectivity index (χ0n) is 11.7. The Hall–Kier alpha value is -2.09. The highest BCUT2D eigenvalue weighted by atomic mass is 32.1. The number of fused-ring (bicyclic) bond motifs is 1. The molecule has 2 heterocycles. The standard InChI is InChI=1S/C17H17N3S/c18-8-2-1-4-13-14-10-12(11-19)6-7-15(14)20-17(13)16-5-3-9-21-16/h3,5-7,9-10,20H,1-2,4,8,18H2. The first-order valence-corrected chi connectivity index (χ1v) is 8.00. The molecule has 0 bridgehead atoms. The quantitative estimate of drug-likeness (QED) is 0.697. The first-order valence-electron chi connectivity index (χ1n) is 7.12. The number of hydrogen-bond acceptors (Lipinski definition) is 3. The van der Waals surface area contributed by atoms with E-state index >= 15 is 0 Å². The Kier molecular flexibility index (Phi) is 4.05. The molecule has 0 saturated heterocycles. The van der Waals surface area contributed by atoms with Crippen LogP contribution in [0.2, 0.25) is 0 Å². The van der Waals surface area contributed by atoms with Gasteiger partial charge in [0.15, 0.2) is 0 Å². The summed E-state index contributed by atoms with van der Waals surface area (Å²) in [5.74, 6) is 0. The number of hydrogen-bond donors (Lipinski definition) is 2. The van der Waals surface area contributed by atoms with Gasteiger partial charge in [0, 0.05) is 10.9 Å². The smallest absolute Gasteiger partial charge is 0.0991 e. The third kappa shape index (κ3) is 2.71. The molecule has 106 valence electrons. The molecule has 0 unspecified atom stereocenters. The minimum absolute atomic E-state index is 0.708. The summed E-state index contributed by atoms with van der Waals surface area (Å²) in [6.07, 6.45) is 3.08. The van der Waals surface area contributed by atoms with Crippen LogP contribution in [-0.4, -0.2) is 11.5 Å². The Bertz CT molecular complexity index is 778. The van der Waals surface area contributed by atoms with E-state index in [1.54, 1.807) is 11.3 Å². The molecule has 4 heteroatoms. The van der Waals surface area contributed by atoms with E-state index in [-0.39, 0.29) is 0 Å². The van der Waals surface area contributed by atoms with Crippen molar-refractivity contribution in [2.75, 3.05) is 6.54 Å². The molecule has 0 aliphatic carbocycles. The highest BCUT2D eigenvalue weighted by Crippen LogP contribution is 2.34. The summed E-state index contributed by atoms with van der Waals surface area (Å²) in [6.45, 7) is 0.722. The second-order valence-electron chi connectivity index (χ2n) is 5.07. The molecular weight excluding hydrogens is 278 g/mol. The number of aryl methyl sites for hydroxylation is 1. The van der Waals surface area contributed by atoms with Crippen molar-refractivity contribution in [2.24, 2.45) is 5.73 Å². The van der Waals surface area contributed by atoms with Crippen molar-refractivity contribution in [3.8, 4) is 16.6 Å². The number of aromatic nitrogens is 1. The zero-order chi connectivity index (χ0) is 14.7. The molecule has 0 radical (unpaired) electrons. The molecule has 0 atom stereocenters. The third-order valence-electron chi connectivity index (χ3n) is 3.68. The van der Waals surface area contributed by atoms with Crippen LogP contribution in [0.1, 0.15) is 24.0 Å². The summed E-state index contributed by atoms with van der Waals surface area (Å²) in [4.78, 5) is 4.76. The van der Waals surface area contributed by atoms with E-state index in [1.807, 2.05) is 18.2 Å². The molecule has 3 N–H and O–H groups in total. The average molecular weight is 295 g/mol. The second-order valence-corrected chi connectivity index (χ2v) is 6.02. The van der Waals surface area contributed by atoms with E-state index < -0.39 is 0 Å². The summed E-state index contributed by atoms with van der Waals surface area (Å²) in [5.41, 5.74) is 9.91. The molecule has 0 spiro atoms. The van der Waals surface area contributed by atoms with Crippen LogP contribution in [0.15, 0.2) is 35.7 Å². The monoisotopic (exact) mass is 295 g/mol. The lowest BCUT2D eigenvalue weighted by Gasteiger charge is -2.03. The fourth-order valence-corrected chi connectivity index (χ4v) is 3.41. The topological polar surface area (TPSA) is 65.6 Å². The van der Waals surface area contributed by atoms with Gasteiger partial charge in [-0.2, -0.15) is 5.26 Å². The summed E-state index contributed by atoms with van der Waals surface area (Å²) in [7, 11) is 0. The van der Waals surface area contributed by atoms with Crippen LogP contribution >= 0.6 is 11.3 Å². The summed E-state index contributed by atoms with van der Waals surface area (Å²) < 4.78 is 0. The lowest BCUT2D eigenvalue weighted by molar-refractivity contribution is 0.748. The van der Waals surface area contributed by atoms with Crippen molar-refractivity contribution in [3.05, 3.63) is 46.8 Å². The number of benzene rings is 1. The van der Waals surface area contributed by atoms with Crippen molar-refractivity contribution in [1.82, 2.24) is 4.98 Å². The Labute approximate surface area is 128 Å². The predicted octanol–water partition coefficient (Wildman–Crippen LogP) is 4.05. The molecule has 1 aromatic carbocycles. The molecule has 3 rings (SSSR count). The average Bonchev–Trinajstić information content (AvgIpc) is 3.14. The summed E-state index contributed by atoms with van der Waals surface area (Å²) in [5, 5.41) is 12.4. The Morgan fingerprint density at radius 2 is 2.14 bits per heavy atom. The molecule has 3 nitrogen and oxygen atoms in total. The summed E-state index contributed by atoms with van der Waals surface area (Å²) >= 11 is 1.73. The number of H-pyrrole nitrogens is 1. The van der Waals surface area contributed by atoms with E-state index in [0.29, 0.717) is 5.56 Å². The number of aromatic amines is 1. The van der Waals surface area contributed by atoms with Crippen LogP contribution < -0.4 is 5.73 Å². The lowest BCUT2D eigenvalue weighted by Crippen LogP contribution is -1.99. The van der Waals surface area contributed by atoms with Crippen LogP contribution in [0.5, 0.6) is 0 Å². The molecule has 21 heavy (non-hydrogen) atoms. The van der Waals surface area contributed by atoms with E-state index in [1.165, 1.54) is 16.1 Å². The predicted molar refractivity (Wildman–Crippen MR) is 88.3 cm³/mol. The van der Waals surface area contributed by atoms with Crippen LogP contribution in [0.4, 0.5) is 0 Å². The van der Waals surface area contributed by atoms with Crippen molar-refractivity contribution >= 4 is 22.2 Å². The van der Waals surface area contributed by atoms with Gasteiger partial charge >= 0.3 is 0 Å². The number of nitriles is 1. The third-order valence-corrected chi connectivity index (χ3v) is 4.57. The van der Waals surface area contributed by atoms with E-state index in [2.05, 4.69) is 28.6 Å². The van der Waals surface area contributed by atoms with E-state index in [9.17, 15) is 0 Å². The molecule has 2 aromatic heterocycles. The van der Waals surface area contributed by atoms with Gasteiger partial charge in [-0.1, -0.05) is 6.07 Å². The molecule has 0 amide bonds. The molecule has 0 fully saturated rings. The number of nitrogens with one attached hydrogen (secondary N) is 1. The maximum absolute atomic E-state index is 9.12. The van der Waals surface area contributed by atoms with Gasteiger partial charge in [0.25, 0.3) is 0 Å². The molecule has 0 aliphatic heterocycles.